The number of carbonyl (C=O) groups excluding carboxylic acids is 1. The van der Waals surface area contributed by atoms with Crippen LogP contribution in [0.3, 0.4) is 0 Å². The highest BCUT2D eigenvalue weighted by Crippen LogP contribution is 2.40. The number of hydrogen-bond donors (Lipinski definition) is 1. The van der Waals surface area contributed by atoms with Crippen LogP contribution < -0.4 is 5.32 Å². The minimum atomic E-state index is -4.50. The quantitative estimate of drug-likeness (QED) is 0.538. The van der Waals surface area contributed by atoms with E-state index < -0.39 is 24.0 Å². The molecule has 1 aliphatic rings. The van der Waals surface area contributed by atoms with Crippen LogP contribution >= 0.6 is 0 Å². The summed E-state index contributed by atoms with van der Waals surface area (Å²) in [5, 5.41) is 6.65. The van der Waals surface area contributed by atoms with Crippen LogP contribution in [-0.4, -0.2) is 42.3 Å². The molecule has 4 aromatic rings. The third-order valence-electron chi connectivity index (χ3n) is 5.64. The summed E-state index contributed by atoms with van der Waals surface area (Å²) in [7, 11) is 1.90. The van der Waals surface area contributed by atoms with Crippen molar-refractivity contribution in [2.24, 2.45) is 13.0 Å². The van der Waals surface area contributed by atoms with E-state index in [0.29, 0.717) is 24.2 Å². The number of benzene rings is 1. The maximum Gasteiger partial charge on any atom is 0.408 e. The Morgan fingerprint density at radius 1 is 1.23 bits per heavy atom. The molecule has 1 atom stereocenters. The number of aryl methyl sites for hydroxylation is 2. The molecular weight excluding hydrogens is 409 g/mol. The van der Waals surface area contributed by atoms with Crippen molar-refractivity contribution in [3.63, 3.8) is 0 Å². The van der Waals surface area contributed by atoms with Gasteiger partial charge < -0.3 is 9.88 Å². The molecule has 31 heavy (non-hydrogen) atoms. The molecule has 5 rings (SSSR count). The van der Waals surface area contributed by atoms with Gasteiger partial charge in [0.25, 0.3) is 5.91 Å². The molecular formula is C21H19F3N6O. The normalized spacial score (nSPS) is 15.5. The van der Waals surface area contributed by atoms with Crippen LogP contribution in [0, 0.1) is 12.8 Å². The molecule has 3 heterocycles. The van der Waals surface area contributed by atoms with Crippen LogP contribution in [0.2, 0.25) is 0 Å². The minimum absolute atomic E-state index is 0.0336. The highest BCUT2D eigenvalue weighted by molar-refractivity contribution is 5.93. The van der Waals surface area contributed by atoms with E-state index in [-0.39, 0.29) is 5.69 Å². The number of alkyl halides is 3. The maximum atomic E-state index is 13.3. The lowest BCUT2D eigenvalue weighted by molar-refractivity contribution is -0.158. The molecule has 10 heteroatoms. The lowest BCUT2D eigenvalue weighted by Crippen LogP contribution is -2.47. The van der Waals surface area contributed by atoms with E-state index in [9.17, 15) is 18.0 Å². The summed E-state index contributed by atoms with van der Waals surface area (Å²) >= 11 is 0. The van der Waals surface area contributed by atoms with E-state index in [1.165, 1.54) is 10.7 Å². The Hall–Kier alpha value is -3.43. The number of nitrogens with zero attached hydrogens (tertiary/aromatic N) is 5. The minimum Gasteiger partial charge on any atom is -0.339 e. The Bertz CT molecular complexity index is 1320. The molecule has 0 saturated heterocycles. The number of carbonyl (C=O) groups is 1. The molecule has 1 N–H and O–H groups in total. The van der Waals surface area contributed by atoms with Crippen LogP contribution in [0.4, 0.5) is 13.2 Å². The smallest absolute Gasteiger partial charge is 0.339 e. The van der Waals surface area contributed by atoms with Gasteiger partial charge in [0.2, 0.25) is 0 Å². The summed E-state index contributed by atoms with van der Waals surface area (Å²) in [6, 6.07) is 5.66. The zero-order valence-electron chi connectivity index (χ0n) is 16.8. The predicted molar refractivity (Wildman–Crippen MR) is 107 cm³/mol. The Morgan fingerprint density at radius 3 is 2.71 bits per heavy atom. The van der Waals surface area contributed by atoms with Crippen LogP contribution in [-0.2, 0) is 7.05 Å². The van der Waals surface area contributed by atoms with Crippen molar-refractivity contribution in [2.75, 3.05) is 0 Å². The van der Waals surface area contributed by atoms with E-state index >= 15 is 0 Å². The van der Waals surface area contributed by atoms with Gasteiger partial charge in [-0.25, -0.2) is 14.5 Å². The molecule has 3 aromatic heterocycles. The number of hydrogen-bond acceptors (Lipinski definition) is 4. The van der Waals surface area contributed by atoms with Crippen molar-refractivity contribution >= 4 is 22.6 Å². The van der Waals surface area contributed by atoms with E-state index in [2.05, 4.69) is 20.4 Å². The molecule has 0 spiro atoms. The molecule has 1 saturated carbocycles. The molecule has 1 aromatic carbocycles. The molecule has 1 amide bonds. The van der Waals surface area contributed by atoms with Crippen LogP contribution in [0.25, 0.3) is 27.9 Å². The molecule has 0 bridgehead atoms. The fraction of sp³-hybridized carbons (Fsp3) is 0.333. The average molecular weight is 428 g/mol. The Balaban J connectivity index is 1.54. The van der Waals surface area contributed by atoms with Crippen LogP contribution in [0.5, 0.6) is 0 Å². The van der Waals surface area contributed by atoms with Crippen molar-refractivity contribution < 1.29 is 18.0 Å². The van der Waals surface area contributed by atoms with Crippen molar-refractivity contribution in [1.82, 2.24) is 29.5 Å². The van der Waals surface area contributed by atoms with Gasteiger partial charge in [0, 0.05) is 12.6 Å². The fourth-order valence-electron chi connectivity index (χ4n) is 3.83. The van der Waals surface area contributed by atoms with Gasteiger partial charge in [-0.15, -0.1) is 0 Å². The number of amides is 1. The van der Waals surface area contributed by atoms with Crippen LogP contribution in [0.1, 0.15) is 28.9 Å². The number of nitrogens with one attached hydrogen (secondary N) is 1. The topological polar surface area (TPSA) is 77.1 Å². The first-order valence-corrected chi connectivity index (χ1v) is 9.87. The van der Waals surface area contributed by atoms with E-state index in [0.717, 1.165) is 22.2 Å². The largest absolute Gasteiger partial charge is 0.408 e. The lowest BCUT2D eigenvalue weighted by Gasteiger charge is -2.21. The first-order valence-electron chi connectivity index (χ1n) is 9.87. The third-order valence-corrected chi connectivity index (χ3v) is 5.64. The van der Waals surface area contributed by atoms with Gasteiger partial charge in [-0.3, -0.25) is 4.79 Å². The monoisotopic (exact) mass is 428 g/mol. The Labute approximate surface area is 174 Å². The SMILES string of the molecule is Cc1cc(-c2ccc3c(c2)ncn3C)nn2c(C(=O)N[C@H](C3CC3)C(F)(F)F)cnc12. The summed E-state index contributed by atoms with van der Waals surface area (Å²) in [5.74, 6) is -1.41. The highest BCUT2D eigenvalue weighted by atomic mass is 19.4. The van der Waals surface area contributed by atoms with Gasteiger partial charge in [0.05, 0.1) is 29.3 Å². The summed E-state index contributed by atoms with van der Waals surface area (Å²) in [4.78, 5) is 21.3. The predicted octanol–water partition coefficient (Wildman–Crippen LogP) is 3.66. The van der Waals surface area contributed by atoms with E-state index in [1.54, 1.807) is 6.33 Å². The first-order chi connectivity index (χ1) is 14.7. The van der Waals surface area contributed by atoms with Crippen molar-refractivity contribution in [3.05, 3.63) is 48.0 Å². The molecule has 0 unspecified atom stereocenters. The summed E-state index contributed by atoms with van der Waals surface area (Å²) in [6.45, 7) is 1.82. The Kier molecular flexibility index (Phi) is 4.28. The van der Waals surface area contributed by atoms with Gasteiger partial charge in [0.15, 0.2) is 11.3 Å². The first kappa shape index (κ1) is 19.5. The molecule has 1 aliphatic carbocycles. The van der Waals surface area contributed by atoms with Gasteiger partial charge in [-0.05, 0) is 49.4 Å². The molecule has 7 nitrogen and oxygen atoms in total. The summed E-state index contributed by atoms with van der Waals surface area (Å²) in [5.41, 5.74) is 4.24. The molecule has 0 aliphatic heterocycles. The average Bonchev–Trinajstić information content (AvgIpc) is 3.35. The molecule has 0 radical (unpaired) electrons. The van der Waals surface area contributed by atoms with E-state index in [1.807, 2.05) is 42.8 Å². The summed E-state index contributed by atoms with van der Waals surface area (Å²) < 4.78 is 43.2. The van der Waals surface area contributed by atoms with Gasteiger partial charge in [-0.1, -0.05) is 6.07 Å². The molecule has 160 valence electrons. The highest BCUT2D eigenvalue weighted by Gasteiger charge is 2.49. The number of imidazole rings is 2. The standard InChI is InChI=1S/C21H19F3N6O/c1-11-7-14(13-5-6-16-15(8-13)26-10-29(16)2)28-30-17(9-25-19(11)30)20(31)27-18(12-3-4-12)21(22,23)24/h5-10,12,18H,3-4H2,1-2H3,(H,27,31)/t18-/m1/s1. The Morgan fingerprint density at radius 2 is 2.00 bits per heavy atom. The number of rotatable bonds is 4. The van der Waals surface area contributed by atoms with Gasteiger partial charge in [-0.2, -0.15) is 18.3 Å². The van der Waals surface area contributed by atoms with Crippen molar-refractivity contribution in [2.45, 2.75) is 32.0 Å². The zero-order chi connectivity index (χ0) is 21.9. The second kappa shape index (κ2) is 6.79. The second-order valence-electron chi connectivity index (χ2n) is 7.98. The maximum absolute atomic E-state index is 13.3. The van der Waals surface area contributed by atoms with Crippen LogP contribution in [0.15, 0.2) is 36.8 Å². The van der Waals surface area contributed by atoms with Crippen molar-refractivity contribution in [3.8, 4) is 11.3 Å². The number of halogens is 3. The summed E-state index contributed by atoms with van der Waals surface area (Å²) in [6.07, 6.45) is -0.615. The fourth-order valence-corrected chi connectivity index (χ4v) is 3.83. The third kappa shape index (κ3) is 3.41. The number of fused-ring (bicyclic) bond motifs is 2. The lowest BCUT2D eigenvalue weighted by atomic mass is 10.1. The zero-order valence-corrected chi connectivity index (χ0v) is 16.8. The number of aromatic nitrogens is 5. The van der Waals surface area contributed by atoms with Gasteiger partial charge in [0.1, 0.15) is 6.04 Å². The molecule has 1 fully saturated rings. The van der Waals surface area contributed by atoms with Gasteiger partial charge >= 0.3 is 6.18 Å². The van der Waals surface area contributed by atoms with E-state index in [4.69, 9.17) is 0 Å². The second-order valence-corrected chi connectivity index (χ2v) is 7.98. The van der Waals surface area contributed by atoms with Crippen molar-refractivity contribution in [1.29, 1.82) is 0 Å².